The predicted octanol–water partition coefficient (Wildman–Crippen LogP) is 8.53. The molecule has 1 saturated carbocycles. The Labute approximate surface area is 391 Å². The highest BCUT2D eigenvalue weighted by molar-refractivity contribution is 8.77. The Morgan fingerprint density at radius 3 is 2.67 bits per heavy atom. The number of carboxylic acids is 1. The van der Waals surface area contributed by atoms with Gasteiger partial charge in [-0.25, -0.2) is 9.59 Å². The standard InChI is InChI=1S/C48H67ClN4O9S2/c1-29-10-8-9-11-35-28-38(61-46(59)51-35)30(2)44-48(5,62-44)18-15-42(56)53(37-25-32(22-29)26-39(60-7)43(37)49)20-16-36(45(57)58)52(6)41(55)14-17-47(3,4)64-63-21-19-50-40(54)27-34-24-31-12-13-33(34)23-31/h8-10,12-13,25-26,30-31,33-36,38,44H,11,14-24,27-28H2,1-7H3,(H,50,54)(H,51,59)(H,57,58). The molecule has 5 aliphatic rings. The zero-order valence-corrected chi connectivity index (χ0v) is 40.8. The Morgan fingerprint density at radius 1 is 1.19 bits per heavy atom. The van der Waals surface area contributed by atoms with Crippen molar-refractivity contribution >= 4 is 68.7 Å². The molecular weight excluding hydrogens is 876 g/mol. The molecule has 6 bridgehead atoms. The van der Waals surface area contributed by atoms with Gasteiger partial charge in [0.2, 0.25) is 17.7 Å². The number of alkyl carbamates (subject to hydrolysis) is 1. The van der Waals surface area contributed by atoms with Gasteiger partial charge in [0.05, 0.1) is 24.5 Å². The third-order valence-corrected chi connectivity index (χ3v) is 17.3. The molecule has 9 unspecified atom stereocenters. The normalized spacial score (nSPS) is 28.4. The van der Waals surface area contributed by atoms with Crippen LogP contribution in [0.2, 0.25) is 5.02 Å². The minimum atomic E-state index is -1.21. The van der Waals surface area contributed by atoms with E-state index < -0.39 is 23.7 Å². The molecule has 3 fully saturated rings. The number of methoxy groups -OCH3 is 1. The summed E-state index contributed by atoms with van der Waals surface area (Å²) >= 11 is 6.98. The Kier molecular flexibility index (Phi) is 16.9. The van der Waals surface area contributed by atoms with Gasteiger partial charge in [0.1, 0.15) is 22.9 Å². The zero-order valence-electron chi connectivity index (χ0n) is 38.4. The third-order valence-electron chi connectivity index (χ3n) is 13.6. The summed E-state index contributed by atoms with van der Waals surface area (Å²) in [7, 11) is 6.32. The van der Waals surface area contributed by atoms with Gasteiger partial charge in [0, 0.05) is 68.3 Å². The summed E-state index contributed by atoms with van der Waals surface area (Å²) in [5, 5.41) is 16.7. The molecule has 1 aromatic carbocycles. The number of rotatable bonds is 16. The number of aliphatic carboxylic acids is 1. The number of fused-ring (bicyclic) bond motifs is 7. The number of halogens is 1. The molecule has 16 heteroatoms. The van der Waals surface area contributed by atoms with Crippen LogP contribution in [0.25, 0.3) is 0 Å². The first-order valence-corrected chi connectivity index (χ1v) is 25.4. The molecule has 352 valence electrons. The fraction of sp³-hybridized carbons (Fsp3) is 0.646. The van der Waals surface area contributed by atoms with Crippen molar-refractivity contribution in [3.05, 3.63) is 58.7 Å². The van der Waals surface area contributed by atoms with Gasteiger partial charge in [-0.3, -0.25) is 14.4 Å². The fourth-order valence-corrected chi connectivity index (χ4v) is 12.5. The lowest BCUT2D eigenvalue weighted by Crippen LogP contribution is -2.48. The van der Waals surface area contributed by atoms with Crippen molar-refractivity contribution in [2.45, 2.75) is 140 Å². The van der Waals surface area contributed by atoms with Crippen molar-refractivity contribution in [1.82, 2.24) is 15.5 Å². The van der Waals surface area contributed by atoms with Crippen LogP contribution in [-0.2, 0) is 35.1 Å². The summed E-state index contributed by atoms with van der Waals surface area (Å²) in [5.74, 6) is 0.992. The maximum absolute atomic E-state index is 14.5. The molecule has 9 atom stereocenters. The van der Waals surface area contributed by atoms with Gasteiger partial charge in [0.15, 0.2) is 0 Å². The number of nitrogens with one attached hydrogen (secondary N) is 2. The molecule has 2 aliphatic carbocycles. The number of nitrogens with zero attached hydrogens (tertiary/aromatic N) is 2. The van der Waals surface area contributed by atoms with Crippen LogP contribution in [0.4, 0.5) is 10.5 Å². The molecule has 6 rings (SSSR count). The van der Waals surface area contributed by atoms with Crippen molar-refractivity contribution in [2.75, 3.05) is 37.9 Å². The monoisotopic (exact) mass is 942 g/mol. The van der Waals surface area contributed by atoms with E-state index in [9.17, 15) is 29.1 Å². The number of hydrogen-bond donors (Lipinski definition) is 3. The molecule has 3 heterocycles. The maximum Gasteiger partial charge on any atom is 0.407 e. The molecule has 1 aromatic rings. The highest BCUT2D eigenvalue weighted by Gasteiger charge is 2.57. The Morgan fingerprint density at radius 2 is 1.97 bits per heavy atom. The number of ether oxygens (including phenoxy) is 3. The van der Waals surface area contributed by atoms with E-state index in [1.807, 2.05) is 51.1 Å². The largest absolute Gasteiger partial charge is 0.495 e. The number of benzene rings is 1. The van der Waals surface area contributed by atoms with Gasteiger partial charge in [-0.05, 0) is 108 Å². The van der Waals surface area contributed by atoms with Gasteiger partial charge in [-0.1, -0.05) is 76.1 Å². The molecule has 0 aromatic heterocycles. The van der Waals surface area contributed by atoms with E-state index in [0.29, 0.717) is 74.3 Å². The number of epoxide rings is 1. The highest BCUT2D eigenvalue weighted by Crippen LogP contribution is 2.48. The first kappa shape index (κ1) is 49.8. The quantitative estimate of drug-likeness (QED) is 0.0629. The van der Waals surface area contributed by atoms with E-state index >= 15 is 0 Å². The average Bonchev–Trinajstić information content (AvgIpc) is 3.49. The SMILES string of the molecule is COc1cc2cc(c1Cl)N(CCC(C(=O)O)N(C)C(=O)CCC(C)(C)SSCCNC(=O)CC1CC3C=CC1C3)C(=O)CCC1(C)OC1C(C)C1CC(CC=CC=C(C)C2)NC(=O)O1. The number of hydrogen-bond acceptors (Lipinski definition) is 10. The molecule has 2 saturated heterocycles. The van der Waals surface area contributed by atoms with E-state index in [-0.39, 0.29) is 77.5 Å². The topological polar surface area (TPSA) is 167 Å². The van der Waals surface area contributed by atoms with Crippen LogP contribution in [0, 0.1) is 23.7 Å². The predicted molar refractivity (Wildman–Crippen MR) is 254 cm³/mol. The van der Waals surface area contributed by atoms with Gasteiger partial charge < -0.3 is 39.8 Å². The van der Waals surface area contributed by atoms with Crippen LogP contribution in [0.15, 0.2) is 48.1 Å². The van der Waals surface area contributed by atoms with Crippen molar-refractivity contribution < 1.29 is 43.3 Å². The lowest BCUT2D eigenvalue weighted by Gasteiger charge is -2.33. The van der Waals surface area contributed by atoms with Crippen LogP contribution in [0.3, 0.4) is 0 Å². The minimum absolute atomic E-state index is 0.0333. The van der Waals surface area contributed by atoms with E-state index in [0.717, 1.165) is 23.3 Å². The van der Waals surface area contributed by atoms with Gasteiger partial charge in [-0.15, -0.1) is 0 Å². The molecular formula is C48H67ClN4O9S2. The van der Waals surface area contributed by atoms with E-state index in [4.69, 9.17) is 25.8 Å². The molecule has 0 radical (unpaired) electrons. The van der Waals surface area contributed by atoms with Crippen molar-refractivity contribution in [2.24, 2.45) is 23.7 Å². The summed E-state index contributed by atoms with van der Waals surface area (Å²) < 4.78 is 17.4. The summed E-state index contributed by atoms with van der Waals surface area (Å²) in [5.41, 5.74) is 1.63. The molecule has 3 aliphatic heterocycles. The molecule has 0 spiro atoms. The van der Waals surface area contributed by atoms with Crippen LogP contribution in [0.5, 0.6) is 5.75 Å². The third kappa shape index (κ3) is 13.0. The Balaban J connectivity index is 1.09. The maximum atomic E-state index is 14.5. The van der Waals surface area contributed by atoms with Crippen LogP contribution >= 0.6 is 33.2 Å². The molecule has 64 heavy (non-hydrogen) atoms. The lowest BCUT2D eigenvalue weighted by atomic mass is 9.86. The summed E-state index contributed by atoms with van der Waals surface area (Å²) in [4.78, 5) is 68.8. The number of carbonyl (C=O) groups is 5. The highest BCUT2D eigenvalue weighted by atomic mass is 35.5. The molecule has 13 nitrogen and oxygen atoms in total. The second-order valence-electron chi connectivity index (χ2n) is 19.2. The first-order chi connectivity index (χ1) is 30.4. The van der Waals surface area contributed by atoms with Crippen LogP contribution in [0.1, 0.15) is 104 Å². The molecule has 3 N–H and O–H groups in total. The second-order valence-corrected chi connectivity index (χ2v) is 22.7. The number of anilines is 1. The lowest BCUT2D eigenvalue weighted by molar-refractivity contribution is -0.149. The number of amides is 4. The zero-order chi connectivity index (χ0) is 46.3. The summed E-state index contributed by atoms with van der Waals surface area (Å²) in [6.07, 6.45) is 15.3. The van der Waals surface area contributed by atoms with E-state index in [2.05, 4.69) is 36.6 Å². The number of carboxylic acid groups (broad SMARTS) is 1. The van der Waals surface area contributed by atoms with Crippen LogP contribution in [-0.4, -0.2) is 107 Å². The summed E-state index contributed by atoms with van der Waals surface area (Å²) in [6.45, 7) is 10.6. The van der Waals surface area contributed by atoms with Crippen LogP contribution < -0.4 is 20.3 Å². The van der Waals surface area contributed by atoms with Gasteiger partial charge >= 0.3 is 12.1 Å². The summed E-state index contributed by atoms with van der Waals surface area (Å²) in [6, 6.07) is 2.39. The smallest absolute Gasteiger partial charge is 0.407 e. The number of likely N-dealkylation sites (N-methyl/N-ethyl adjacent to an activating group) is 1. The van der Waals surface area contributed by atoms with Gasteiger partial charge in [-0.2, -0.15) is 0 Å². The number of allylic oxidation sites excluding steroid dienone is 5. The van der Waals surface area contributed by atoms with Crippen molar-refractivity contribution in [3.8, 4) is 5.75 Å². The van der Waals surface area contributed by atoms with Gasteiger partial charge in [0.25, 0.3) is 0 Å². The second kappa shape index (κ2) is 21.8. The number of carbonyl (C=O) groups excluding carboxylic acids is 4. The fourth-order valence-electron chi connectivity index (χ4n) is 9.74. The average molecular weight is 944 g/mol. The molecule has 4 amide bonds. The Bertz CT molecular complexity index is 1990. The van der Waals surface area contributed by atoms with E-state index in [1.165, 1.54) is 30.4 Å². The van der Waals surface area contributed by atoms with Crippen molar-refractivity contribution in [3.63, 3.8) is 0 Å². The van der Waals surface area contributed by atoms with E-state index in [1.54, 1.807) is 21.6 Å². The Hall–Kier alpha value is -3.66. The van der Waals surface area contributed by atoms with Crippen molar-refractivity contribution in [1.29, 1.82) is 0 Å². The first-order valence-electron chi connectivity index (χ1n) is 22.7. The minimum Gasteiger partial charge on any atom is -0.495 e.